The van der Waals surface area contributed by atoms with E-state index < -0.39 is 0 Å². The molecule has 1 saturated carbocycles. The lowest BCUT2D eigenvalue weighted by Gasteiger charge is -2.36. The van der Waals surface area contributed by atoms with Crippen LogP contribution in [0.2, 0.25) is 0 Å². The second kappa shape index (κ2) is 8.91. The predicted molar refractivity (Wildman–Crippen MR) is 88.7 cm³/mol. The van der Waals surface area contributed by atoms with Crippen molar-refractivity contribution in [2.45, 2.75) is 32.2 Å². The zero-order valence-corrected chi connectivity index (χ0v) is 13.8. The second-order valence-corrected chi connectivity index (χ2v) is 6.10. The van der Waals surface area contributed by atoms with Crippen LogP contribution in [0.3, 0.4) is 0 Å². The van der Waals surface area contributed by atoms with E-state index >= 15 is 0 Å². The highest BCUT2D eigenvalue weighted by Gasteiger charge is 2.27. The van der Waals surface area contributed by atoms with Crippen LogP contribution < -0.4 is 5.32 Å². The lowest BCUT2D eigenvalue weighted by Crippen LogP contribution is -2.43. The molecule has 1 atom stereocenters. The summed E-state index contributed by atoms with van der Waals surface area (Å²) in [5.74, 6) is 0.855. The number of carbonyl (C=O) groups excluding carboxylic acids is 1. The first kappa shape index (κ1) is 17.0. The number of methoxy groups -OCH3 is 1. The fourth-order valence-electron chi connectivity index (χ4n) is 2.81. The molecule has 0 bridgehead atoms. The predicted octanol–water partition coefficient (Wildman–Crippen LogP) is 2.61. The van der Waals surface area contributed by atoms with Gasteiger partial charge in [0, 0.05) is 20.2 Å². The van der Waals surface area contributed by atoms with Gasteiger partial charge in [0.05, 0.1) is 19.2 Å². The maximum absolute atomic E-state index is 12.6. The Bertz CT molecular complexity index is 446. The Balaban J connectivity index is 1.96. The van der Waals surface area contributed by atoms with Gasteiger partial charge in [-0.05, 0) is 31.2 Å². The minimum atomic E-state index is 0.124. The fourth-order valence-corrected chi connectivity index (χ4v) is 2.81. The monoisotopic (exact) mass is 304 g/mol. The topological polar surface area (TPSA) is 41.6 Å². The quantitative estimate of drug-likeness (QED) is 0.713. The van der Waals surface area contributed by atoms with Gasteiger partial charge in [-0.3, -0.25) is 4.79 Å². The molecule has 1 aliphatic rings. The number of benzene rings is 1. The average Bonchev–Trinajstić information content (AvgIpc) is 2.51. The first-order valence-corrected chi connectivity index (χ1v) is 8.26. The van der Waals surface area contributed by atoms with E-state index in [1.165, 1.54) is 24.8 Å². The molecule has 22 heavy (non-hydrogen) atoms. The summed E-state index contributed by atoms with van der Waals surface area (Å²) in [6.07, 6.45) is 3.81. The minimum absolute atomic E-state index is 0.124. The molecule has 0 saturated heterocycles. The van der Waals surface area contributed by atoms with Gasteiger partial charge in [0.1, 0.15) is 0 Å². The first-order chi connectivity index (χ1) is 10.7. The van der Waals surface area contributed by atoms with Crippen LogP contribution in [0.5, 0.6) is 0 Å². The Labute approximate surface area is 133 Å². The van der Waals surface area contributed by atoms with Crippen LogP contribution >= 0.6 is 0 Å². The van der Waals surface area contributed by atoms with E-state index in [1.54, 1.807) is 7.11 Å². The molecule has 1 amide bonds. The number of amides is 1. The van der Waals surface area contributed by atoms with Crippen LogP contribution in [0.4, 0.5) is 0 Å². The normalized spacial score (nSPS) is 16.1. The number of hydrogen-bond acceptors (Lipinski definition) is 3. The summed E-state index contributed by atoms with van der Waals surface area (Å²) in [5.41, 5.74) is 1.20. The van der Waals surface area contributed by atoms with Gasteiger partial charge in [0.15, 0.2) is 0 Å². The van der Waals surface area contributed by atoms with Crippen molar-refractivity contribution in [3.05, 3.63) is 35.9 Å². The van der Waals surface area contributed by atoms with E-state index in [-0.39, 0.29) is 11.9 Å². The number of hydrogen-bond donors (Lipinski definition) is 1. The molecule has 0 spiro atoms. The molecular weight excluding hydrogens is 276 g/mol. The summed E-state index contributed by atoms with van der Waals surface area (Å²) in [4.78, 5) is 14.7. The van der Waals surface area contributed by atoms with Gasteiger partial charge in [-0.25, -0.2) is 0 Å². The largest absolute Gasteiger partial charge is 0.383 e. The highest BCUT2D eigenvalue weighted by Crippen LogP contribution is 2.30. The van der Waals surface area contributed by atoms with Crippen LogP contribution in [-0.4, -0.2) is 44.2 Å². The Morgan fingerprint density at radius 3 is 2.68 bits per heavy atom. The van der Waals surface area contributed by atoms with Crippen LogP contribution in [-0.2, 0) is 9.53 Å². The van der Waals surface area contributed by atoms with Crippen LogP contribution in [0.25, 0.3) is 0 Å². The zero-order chi connectivity index (χ0) is 15.8. The van der Waals surface area contributed by atoms with E-state index in [2.05, 4.69) is 24.4 Å². The van der Waals surface area contributed by atoms with E-state index in [9.17, 15) is 4.79 Å². The number of ether oxygens (including phenoxy) is 1. The second-order valence-electron chi connectivity index (χ2n) is 6.10. The van der Waals surface area contributed by atoms with Crippen molar-refractivity contribution < 1.29 is 9.53 Å². The van der Waals surface area contributed by atoms with Crippen molar-refractivity contribution in [1.29, 1.82) is 0 Å². The van der Waals surface area contributed by atoms with Crippen molar-refractivity contribution in [3.8, 4) is 0 Å². The standard InChI is InChI=1S/C18H28N2O2/c1-15(17-9-4-3-5-10-17)20(14-16-7-6-8-16)18(21)13-19-11-12-22-2/h3-5,9-10,15-16,19H,6-8,11-14H2,1-2H3. The van der Waals surface area contributed by atoms with Gasteiger partial charge in [-0.2, -0.15) is 0 Å². The van der Waals surface area contributed by atoms with Crippen molar-refractivity contribution >= 4 is 5.91 Å². The summed E-state index contributed by atoms with van der Waals surface area (Å²) in [6.45, 7) is 4.72. The van der Waals surface area contributed by atoms with Gasteiger partial charge in [0.25, 0.3) is 0 Å². The molecule has 1 unspecified atom stereocenters. The third kappa shape index (κ3) is 4.82. The SMILES string of the molecule is COCCNCC(=O)N(CC1CCC1)C(C)c1ccccc1. The molecule has 0 radical (unpaired) electrons. The highest BCUT2D eigenvalue weighted by molar-refractivity contribution is 5.78. The van der Waals surface area contributed by atoms with Crippen LogP contribution in [0.15, 0.2) is 30.3 Å². The van der Waals surface area contributed by atoms with Gasteiger partial charge < -0.3 is 15.0 Å². The number of rotatable bonds is 9. The van der Waals surface area contributed by atoms with E-state index in [4.69, 9.17) is 4.74 Å². The first-order valence-electron chi connectivity index (χ1n) is 8.26. The Morgan fingerprint density at radius 1 is 1.36 bits per heavy atom. The third-order valence-corrected chi connectivity index (χ3v) is 4.51. The van der Waals surface area contributed by atoms with Gasteiger partial charge in [-0.15, -0.1) is 0 Å². The molecule has 1 fully saturated rings. The molecule has 1 aromatic carbocycles. The van der Waals surface area contributed by atoms with Crippen molar-refractivity contribution in [1.82, 2.24) is 10.2 Å². The van der Waals surface area contributed by atoms with Gasteiger partial charge in [-0.1, -0.05) is 36.8 Å². The Kier molecular flexibility index (Phi) is 6.87. The van der Waals surface area contributed by atoms with E-state index in [1.807, 2.05) is 23.1 Å². The molecule has 2 rings (SSSR count). The van der Waals surface area contributed by atoms with Crippen LogP contribution in [0, 0.1) is 5.92 Å². The average molecular weight is 304 g/mol. The number of carbonyl (C=O) groups is 1. The Hall–Kier alpha value is -1.39. The third-order valence-electron chi connectivity index (χ3n) is 4.51. The molecule has 4 nitrogen and oxygen atoms in total. The molecule has 0 aliphatic heterocycles. The molecule has 1 N–H and O–H groups in total. The van der Waals surface area contributed by atoms with Crippen LogP contribution in [0.1, 0.15) is 37.8 Å². The lowest BCUT2D eigenvalue weighted by molar-refractivity contribution is -0.133. The van der Waals surface area contributed by atoms with Crippen molar-refractivity contribution in [3.63, 3.8) is 0 Å². The fraction of sp³-hybridized carbons (Fsp3) is 0.611. The van der Waals surface area contributed by atoms with Gasteiger partial charge in [0.2, 0.25) is 5.91 Å². The zero-order valence-electron chi connectivity index (χ0n) is 13.8. The molecule has 1 aliphatic carbocycles. The molecule has 4 heteroatoms. The molecule has 122 valence electrons. The highest BCUT2D eigenvalue weighted by atomic mass is 16.5. The molecule has 1 aromatic rings. The summed E-state index contributed by atoms with van der Waals surface area (Å²) in [5, 5.41) is 3.17. The van der Waals surface area contributed by atoms with E-state index in [0.717, 1.165) is 6.54 Å². The van der Waals surface area contributed by atoms with Gasteiger partial charge >= 0.3 is 0 Å². The summed E-state index contributed by atoms with van der Waals surface area (Å²) < 4.78 is 5.00. The molecular formula is C18H28N2O2. The summed E-state index contributed by atoms with van der Waals surface area (Å²) in [7, 11) is 1.67. The Morgan fingerprint density at radius 2 is 2.09 bits per heavy atom. The molecule has 0 heterocycles. The smallest absolute Gasteiger partial charge is 0.237 e. The minimum Gasteiger partial charge on any atom is -0.383 e. The number of nitrogens with one attached hydrogen (secondary N) is 1. The number of nitrogens with zero attached hydrogens (tertiary/aromatic N) is 1. The van der Waals surface area contributed by atoms with E-state index in [0.29, 0.717) is 25.6 Å². The lowest BCUT2D eigenvalue weighted by atomic mass is 9.84. The maximum atomic E-state index is 12.6. The summed E-state index contributed by atoms with van der Waals surface area (Å²) >= 11 is 0. The maximum Gasteiger partial charge on any atom is 0.237 e. The van der Waals surface area contributed by atoms with Crippen molar-refractivity contribution in [2.75, 3.05) is 33.4 Å². The van der Waals surface area contributed by atoms with Crippen molar-refractivity contribution in [2.24, 2.45) is 5.92 Å². The molecule has 0 aromatic heterocycles. The summed E-state index contributed by atoms with van der Waals surface area (Å²) in [6, 6.07) is 10.4.